The molecule has 0 radical (unpaired) electrons. The van der Waals surface area contributed by atoms with Gasteiger partial charge in [-0.15, -0.1) is 0 Å². The summed E-state index contributed by atoms with van der Waals surface area (Å²) >= 11 is 5.90. The minimum absolute atomic E-state index is 0.0556. The maximum Gasteiger partial charge on any atom is 0.292 e. The lowest BCUT2D eigenvalue weighted by Crippen LogP contribution is -2.21. The topological polar surface area (TPSA) is 51.5 Å². The van der Waals surface area contributed by atoms with Gasteiger partial charge in [0.2, 0.25) is 0 Å². The molecule has 0 amide bonds. The number of aromatic nitrogens is 1. The molecule has 2 rings (SSSR count). The molecular weight excluding hydrogens is 278 g/mol. The quantitative estimate of drug-likeness (QED) is 0.890. The van der Waals surface area contributed by atoms with Crippen LogP contribution in [-0.2, 0) is 13.2 Å². The first-order chi connectivity index (χ1) is 9.70. The van der Waals surface area contributed by atoms with Crippen molar-refractivity contribution in [2.45, 2.75) is 19.6 Å². The molecule has 0 aliphatic carbocycles. The number of aliphatic hydroxyl groups excluding tert-OH is 1. The second-order valence-electron chi connectivity index (χ2n) is 4.37. The van der Waals surface area contributed by atoms with Crippen molar-refractivity contribution in [2.24, 2.45) is 0 Å². The summed E-state index contributed by atoms with van der Waals surface area (Å²) in [6.45, 7) is 0.823. The van der Waals surface area contributed by atoms with Crippen LogP contribution in [0.2, 0.25) is 5.02 Å². The molecule has 0 aliphatic heterocycles. The Morgan fingerprint density at radius 2 is 2.10 bits per heavy atom. The highest BCUT2D eigenvalue weighted by Gasteiger charge is 2.04. The normalized spacial score (nSPS) is 10.5. The lowest BCUT2D eigenvalue weighted by atomic mass is 10.2. The van der Waals surface area contributed by atoms with Crippen molar-refractivity contribution in [1.29, 1.82) is 0 Å². The van der Waals surface area contributed by atoms with E-state index in [-0.39, 0.29) is 12.2 Å². The average Bonchev–Trinajstić information content (AvgIpc) is 2.45. The van der Waals surface area contributed by atoms with Crippen LogP contribution in [0.25, 0.3) is 0 Å². The minimum atomic E-state index is -0.192. The molecular formula is C15H16ClNO3. The van der Waals surface area contributed by atoms with Crippen LogP contribution in [0.15, 0.2) is 47.4 Å². The summed E-state index contributed by atoms with van der Waals surface area (Å²) in [7, 11) is 0. The number of aryl methyl sites for hydroxylation is 1. The van der Waals surface area contributed by atoms with Crippen LogP contribution in [-0.4, -0.2) is 16.3 Å². The zero-order chi connectivity index (χ0) is 14.4. The number of halogens is 1. The highest BCUT2D eigenvalue weighted by atomic mass is 35.5. The smallest absolute Gasteiger partial charge is 0.292 e. The fourth-order valence-electron chi connectivity index (χ4n) is 1.83. The van der Waals surface area contributed by atoms with Crippen molar-refractivity contribution in [3.05, 3.63) is 63.5 Å². The van der Waals surface area contributed by atoms with Gasteiger partial charge in [-0.05, 0) is 36.2 Å². The Morgan fingerprint density at radius 1 is 1.25 bits per heavy atom. The fourth-order valence-corrected chi connectivity index (χ4v) is 2.04. The van der Waals surface area contributed by atoms with Crippen LogP contribution in [0.1, 0.15) is 12.0 Å². The third-order valence-electron chi connectivity index (χ3n) is 2.83. The molecule has 106 valence electrons. The highest BCUT2D eigenvalue weighted by Crippen LogP contribution is 2.12. The molecule has 0 unspecified atom stereocenters. The number of pyridine rings is 1. The van der Waals surface area contributed by atoms with E-state index in [2.05, 4.69) is 0 Å². The Labute approximate surface area is 122 Å². The van der Waals surface area contributed by atoms with E-state index < -0.39 is 0 Å². The maximum atomic E-state index is 12.1. The van der Waals surface area contributed by atoms with Gasteiger partial charge >= 0.3 is 0 Å². The molecule has 5 heteroatoms. The first-order valence-electron chi connectivity index (χ1n) is 6.38. The van der Waals surface area contributed by atoms with Gasteiger partial charge in [0, 0.05) is 24.4 Å². The first kappa shape index (κ1) is 14.6. The SMILES string of the molecule is O=c1c(OCc2cccc(Cl)c2)cccn1CCCO. The van der Waals surface area contributed by atoms with Gasteiger partial charge in [0.15, 0.2) is 5.75 Å². The van der Waals surface area contributed by atoms with Crippen LogP contribution in [0.3, 0.4) is 0 Å². The summed E-state index contributed by atoms with van der Waals surface area (Å²) in [5, 5.41) is 9.45. The molecule has 0 spiro atoms. The molecule has 0 fully saturated rings. The zero-order valence-electron chi connectivity index (χ0n) is 11.0. The van der Waals surface area contributed by atoms with E-state index in [0.717, 1.165) is 5.56 Å². The van der Waals surface area contributed by atoms with Crippen molar-refractivity contribution in [3.63, 3.8) is 0 Å². The molecule has 1 N–H and O–H groups in total. The predicted octanol–water partition coefficient (Wildman–Crippen LogP) is 2.46. The number of nitrogens with zero attached hydrogens (tertiary/aromatic N) is 1. The Morgan fingerprint density at radius 3 is 2.85 bits per heavy atom. The van der Waals surface area contributed by atoms with E-state index in [1.165, 1.54) is 4.57 Å². The predicted molar refractivity (Wildman–Crippen MR) is 78.2 cm³/mol. The number of hydrogen-bond acceptors (Lipinski definition) is 3. The average molecular weight is 294 g/mol. The molecule has 0 saturated heterocycles. The highest BCUT2D eigenvalue weighted by molar-refractivity contribution is 6.30. The minimum Gasteiger partial charge on any atom is -0.483 e. The zero-order valence-corrected chi connectivity index (χ0v) is 11.7. The van der Waals surface area contributed by atoms with Crippen LogP contribution >= 0.6 is 11.6 Å². The van der Waals surface area contributed by atoms with E-state index >= 15 is 0 Å². The summed E-state index contributed by atoms with van der Waals surface area (Å²) in [6.07, 6.45) is 2.22. The van der Waals surface area contributed by atoms with Gasteiger partial charge in [-0.2, -0.15) is 0 Å². The summed E-state index contributed by atoms with van der Waals surface area (Å²) in [5.74, 6) is 0.297. The van der Waals surface area contributed by atoms with Crippen molar-refractivity contribution >= 4 is 11.6 Å². The van der Waals surface area contributed by atoms with Crippen LogP contribution in [0.5, 0.6) is 5.75 Å². The van der Waals surface area contributed by atoms with E-state index in [4.69, 9.17) is 21.4 Å². The van der Waals surface area contributed by atoms with Crippen LogP contribution < -0.4 is 10.3 Å². The van der Waals surface area contributed by atoms with Crippen molar-refractivity contribution in [1.82, 2.24) is 4.57 Å². The molecule has 0 bridgehead atoms. The molecule has 0 atom stereocenters. The van der Waals surface area contributed by atoms with Gasteiger partial charge < -0.3 is 14.4 Å². The van der Waals surface area contributed by atoms with Gasteiger partial charge in [0.05, 0.1) is 0 Å². The number of aliphatic hydroxyl groups is 1. The lowest BCUT2D eigenvalue weighted by Gasteiger charge is -2.09. The van der Waals surface area contributed by atoms with Crippen molar-refractivity contribution in [2.75, 3.05) is 6.61 Å². The second-order valence-corrected chi connectivity index (χ2v) is 4.80. The third kappa shape index (κ3) is 3.85. The number of benzene rings is 1. The van der Waals surface area contributed by atoms with Crippen LogP contribution in [0, 0.1) is 0 Å². The Kier molecular flexibility index (Phi) is 5.21. The van der Waals surface area contributed by atoms with Crippen LogP contribution in [0.4, 0.5) is 0 Å². The van der Waals surface area contributed by atoms with Gasteiger partial charge in [-0.1, -0.05) is 23.7 Å². The summed E-state index contributed by atoms with van der Waals surface area (Å²) in [5.41, 5.74) is 0.714. The van der Waals surface area contributed by atoms with Crippen molar-refractivity contribution < 1.29 is 9.84 Å². The Bertz CT molecular complexity index is 625. The Hall–Kier alpha value is -1.78. The summed E-state index contributed by atoms with van der Waals surface area (Å²) in [6, 6.07) is 10.7. The fraction of sp³-hybridized carbons (Fsp3) is 0.267. The van der Waals surface area contributed by atoms with E-state index in [0.29, 0.717) is 30.3 Å². The number of ether oxygens (including phenoxy) is 1. The monoisotopic (exact) mass is 293 g/mol. The van der Waals surface area contributed by atoms with Gasteiger partial charge in [0.25, 0.3) is 5.56 Å². The first-order valence-corrected chi connectivity index (χ1v) is 6.76. The molecule has 1 aromatic heterocycles. The molecule has 2 aromatic rings. The second kappa shape index (κ2) is 7.12. The molecule has 1 heterocycles. The maximum absolute atomic E-state index is 12.1. The summed E-state index contributed by atoms with van der Waals surface area (Å²) in [4.78, 5) is 12.1. The molecule has 4 nitrogen and oxygen atoms in total. The third-order valence-corrected chi connectivity index (χ3v) is 3.06. The standard InChI is InChI=1S/C15H16ClNO3/c16-13-5-1-4-12(10-13)11-20-14-6-2-7-17(15(14)19)8-3-9-18/h1-2,4-7,10,18H,3,8-9,11H2. The Balaban J connectivity index is 2.08. The lowest BCUT2D eigenvalue weighted by molar-refractivity contribution is 0.275. The van der Waals surface area contributed by atoms with E-state index in [1.807, 2.05) is 12.1 Å². The van der Waals surface area contributed by atoms with Gasteiger partial charge in [-0.3, -0.25) is 4.79 Å². The van der Waals surface area contributed by atoms with Gasteiger partial charge in [-0.25, -0.2) is 0 Å². The van der Waals surface area contributed by atoms with Crippen molar-refractivity contribution in [3.8, 4) is 5.75 Å². The molecule has 1 aromatic carbocycles. The number of rotatable bonds is 6. The number of hydrogen-bond donors (Lipinski definition) is 1. The molecule has 20 heavy (non-hydrogen) atoms. The van der Waals surface area contributed by atoms with Gasteiger partial charge in [0.1, 0.15) is 6.61 Å². The molecule has 0 saturated carbocycles. The van der Waals surface area contributed by atoms with E-state index in [9.17, 15) is 4.79 Å². The van der Waals surface area contributed by atoms with E-state index in [1.54, 1.807) is 30.5 Å². The largest absolute Gasteiger partial charge is 0.483 e. The summed E-state index contributed by atoms with van der Waals surface area (Å²) < 4.78 is 7.08. The molecule has 0 aliphatic rings.